The number of hydrogen-bond donors (Lipinski definition) is 2. The molecule has 0 aliphatic rings. The van der Waals surface area contributed by atoms with E-state index in [0.29, 0.717) is 12.1 Å². The highest BCUT2D eigenvalue weighted by atomic mass is 16.6. The molecule has 0 fully saturated rings. The first-order chi connectivity index (χ1) is 14.0. The van der Waals surface area contributed by atoms with Crippen LogP contribution in [0.15, 0.2) is 55.1 Å². The number of aryl methyl sites for hydroxylation is 1. The molecule has 2 N–H and O–H groups in total. The van der Waals surface area contributed by atoms with Gasteiger partial charge in [0.15, 0.2) is 0 Å². The number of hydrogen-bond acceptors (Lipinski definition) is 8. The third kappa shape index (κ3) is 4.43. The predicted octanol–water partition coefficient (Wildman–Crippen LogP) is 3.00. The highest BCUT2D eigenvalue weighted by molar-refractivity contribution is 5.94. The lowest BCUT2D eigenvalue weighted by Crippen LogP contribution is -2.30. The summed E-state index contributed by atoms with van der Waals surface area (Å²) in [5.74, 6) is -0.502. The van der Waals surface area contributed by atoms with Gasteiger partial charge in [0.1, 0.15) is 6.33 Å². The van der Waals surface area contributed by atoms with Crippen molar-refractivity contribution >= 4 is 28.9 Å². The normalized spacial score (nSPS) is 10.3. The zero-order valence-corrected chi connectivity index (χ0v) is 15.9. The Morgan fingerprint density at radius 2 is 2.07 bits per heavy atom. The van der Waals surface area contributed by atoms with E-state index < -0.39 is 10.8 Å². The second-order valence-corrected chi connectivity index (χ2v) is 6.06. The number of nitrogens with one attached hydrogen (secondary N) is 2. The van der Waals surface area contributed by atoms with E-state index in [4.69, 9.17) is 0 Å². The molecule has 0 saturated carbocycles. The number of nitro groups is 1. The van der Waals surface area contributed by atoms with E-state index in [9.17, 15) is 14.9 Å². The number of anilines is 3. The lowest BCUT2D eigenvalue weighted by Gasteiger charge is -2.22. The quantitative estimate of drug-likeness (QED) is 0.463. The zero-order valence-electron chi connectivity index (χ0n) is 15.9. The summed E-state index contributed by atoms with van der Waals surface area (Å²) in [7, 11) is 0. The van der Waals surface area contributed by atoms with Gasteiger partial charge in [0.05, 0.1) is 10.5 Å². The molecule has 0 unspecified atom stereocenters. The molecule has 0 aliphatic heterocycles. The summed E-state index contributed by atoms with van der Waals surface area (Å²) in [4.78, 5) is 37.1. The summed E-state index contributed by atoms with van der Waals surface area (Å²) in [5.41, 5.74) is 6.66. The van der Waals surface area contributed by atoms with Gasteiger partial charge in [-0.05, 0) is 43.7 Å². The topological polar surface area (TPSA) is 126 Å². The van der Waals surface area contributed by atoms with Gasteiger partial charge in [0, 0.05) is 24.6 Å². The number of hydrazine groups is 1. The Balaban J connectivity index is 1.93. The van der Waals surface area contributed by atoms with Gasteiger partial charge in [-0.1, -0.05) is 12.1 Å². The lowest BCUT2D eigenvalue weighted by molar-refractivity contribution is -0.383. The molecule has 10 heteroatoms. The number of benzene rings is 1. The average molecular weight is 393 g/mol. The fourth-order valence-electron chi connectivity index (χ4n) is 2.76. The van der Waals surface area contributed by atoms with Crippen LogP contribution >= 0.6 is 0 Å². The predicted molar refractivity (Wildman–Crippen MR) is 108 cm³/mol. The first-order valence-electron chi connectivity index (χ1n) is 8.81. The highest BCUT2D eigenvalue weighted by Gasteiger charge is 2.27. The zero-order chi connectivity index (χ0) is 20.8. The second kappa shape index (κ2) is 8.74. The molecule has 10 nitrogen and oxygen atoms in total. The van der Waals surface area contributed by atoms with Gasteiger partial charge in [0.25, 0.3) is 5.91 Å². The molecule has 0 aliphatic carbocycles. The minimum absolute atomic E-state index is 0.122. The molecule has 3 aromatic rings. The van der Waals surface area contributed by atoms with Crippen molar-refractivity contribution in [1.82, 2.24) is 20.4 Å². The molecule has 29 heavy (non-hydrogen) atoms. The Morgan fingerprint density at radius 1 is 1.24 bits per heavy atom. The summed E-state index contributed by atoms with van der Waals surface area (Å²) < 4.78 is 0. The van der Waals surface area contributed by atoms with Crippen molar-refractivity contribution < 1.29 is 9.72 Å². The van der Waals surface area contributed by atoms with Gasteiger partial charge in [-0.25, -0.2) is 9.97 Å². The maximum absolute atomic E-state index is 12.2. The number of nitrogens with zero attached hydrogens (tertiary/aromatic N) is 5. The number of pyridine rings is 1. The minimum atomic E-state index is -0.577. The van der Waals surface area contributed by atoms with Gasteiger partial charge in [-0.2, -0.15) is 0 Å². The Morgan fingerprint density at radius 3 is 2.72 bits per heavy atom. The number of rotatable bonds is 7. The van der Waals surface area contributed by atoms with E-state index in [1.807, 2.05) is 38.1 Å². The molecule has 2 heterocycles. The number of amides is 1. The molecule has 0 atom stereocenters. The van der Waals surface area contributed by atoms with Crippen LogP contribution < -0.4 is 15.8 Å². The Kier molecular flexibility index (Phi) is 5.93. The molecular formula is C19H19N7O3. The maximum atomic E-state index is 12.2. The van der Waals surface area contributed by atoms with Gasteiger partial charge in [0.2, 0.25) is 11.6 Å². The van der Waals surface area contributed by atoms with Crippen molar-refractivity contribution in [1.29, 1.82) is 0 Å². The number of aromatic nitrogens is 3. The molecule has 0 bridgehead atoms. The van der Waals surface area contributed by atoms with Crippen LogP contribution in [0.1, 0.15) is 22.8 Å². The van der Waals surface area contributed by atoms with Crippen LogP contribution in [0.4, 0.5) is 23.0 Å². The van der Waals surface area contributed by atoms with E-state index in [-0.39, 0.29) is 17.3 Å². The van der Waals surface area contributed by atoms with Gasteiger partial charge in [-0.3, -0.25) is 30.7 Å². The van der Waals surface area contributed by atoms with Gasteiger partial charge >= 0.3 is 5.69 Å². The largest absolute Gasteiger partial charge is 0.355 e. The molecule has 3 rings (SSSR count). The summed E-state index contributed by atoms with van der Waals surface area (Å²) in [6.45, 7) is 4.25. The molecule has 0 saturated heterocycles. The smallest absolute Gasteiger partial charge is 0.321 e. The molecule has 0 radical (unpaired) electrons. The number of carbonyl (C=O) groups is 1. The first-order valence-corrected chi connectivity index (χ1v) is 8.81. The summed E-state index contributed by atoms with van der Waals surface area (Å²) in [5, 5.41) is 11.8. The highest BCUT2D eigenvalue weighted by Crippen LogP contribution is 2.35. The summed E-state index contributed by atoms with van der Waals surface area (Å²) in [6.07, 6.45) is 4.13. The van der Waals surface area contributed by atoms with Crippen molar-refractivity contribution in [2.45, 2.75) is 13.8 Å². The van der Waals surface area contributed by atoms with Crippen LogP contribution in [-0.4, -0.2) is 32.3 Å². The van der Waals surface area contributed by atoms with Crippen LogP contribution in [-0.2, 0) is 0 Å². The molecule has 1 aromatic carbocycles. The van der Waals surface area contributed by atoms with Gasteiger partial charge in [-0.15, -0.1) is 0 Å². The van der Waals surface area contributed by atoms with Crippen molar-refractivity contribution in [3.8, 4) is 0 Å². The monoisotopic (exact) mass is 393 g/mol. The Labute approximate surface area is 166 Å². The van der Waals surface area contributed by atoms with Crippen molar-refractivity contribution in [2.75, 3.05) is 16.9 Å². The van der Waals surface area contributed by atoms with E-state index >= 15 is 0 Å². The second-order valence-electron chi connectivity index (χ2n) is 6.06. The minimum Gasteiger partial charge on any atom is -0.321 e. The molecule has 148 valence electrons. The molecule has 1 amide bonds. The Hall–Kier alpha value is -4.08. The van der Waals surface area contributed by atoms with Crippen LogP contribution in [0, 0.1) is 17.0 Å². The average Bonchev–Trinajstić information content (AvgIpc) is 2.73. The standard InChI is InChI=1S/C19H19N7O3/c1-3-25(15-8-4-6-13(2)10-15)18-16(26(28)29)17(21-12-22-18)23-24-19(27)14-7-5-9-20-11-14/h4-12H,3H2,1-2H3,(H,24,27)(H,21,22,23). The van der Waals surface area contributed by atoms with E-state index in [1.165, 1.54) is 18.7 Å². The fourth-order valence-corrected chi connectivity index (χ4v) is 2.76. The van der Waals surface area contributed by atoms with Crippen molar-refractivity contribution in [3.63, 3.8) is 0 Å². The summed E-state index contributed by atoms with van der Waals surface area (Å²) in [6, 6.07) is 10.7. The first kappa shape index (κ1) is 19.7. The van der Waals surface area contributed by atoms with E-state index in [0.717, 1.165) is 11.3 Å². The Bertz CT molecular complexity index is 1030. The van der Waals surface area contributed by atoms with Gasteiger partial charge < -0.3 is 4.90 Å². The third-order valence-corrected chi connectivity index (χ3v) is 4.09. The number of carbonyl (C=O) groups excluding carboxylic acids is 1. The van der Waals surface area contributed by atoms with Crippen LogP contribution in [0.5, 0.6) is 0 Å². The van der Waals surface area contributed by atoms with Crippen molar-refractivity contribution in [2.24, 2.45) is 0 Å². The van der Waals surface area contributed by atoms with Crippen LogP contribution in [0.25, 0.3) is 0 Å². The molecule has 0 spiro atoms. The van der Waals surface area contributed by atoms with E-state index in [2.05, 4.69) is 25.8 Å². The lowest BCUT2D eigenvalue weighted by atomic mass is 10.2. The van der Waals surface area contributed by atoms with Crippen LogP contribution in [0.2, 0.25) is 0 Å². The van der Waals surface area contributed by atoms with Crippen LogP contribution in [0.3, 0.4) is 0 Å². The van der Waals surface area contributed by atoms with Crippen molar-refractivity contribution in [3.05, 3.63) is 76.4 Å². The van der Waals surface area contributed by atoms with E-state index in [1.54, 1.807) is 17.0 Å². The molecular weight excluding hydrogens is 374 g/mol. The summed E-state index contributed by atoms with van der Waals surface area (Å²) >= 11 is 0. The third-order valence-electron chi connectivity index (χ3n) is 4.09. The fraction of sp³-hybridized carbons (Fsp3) is 0.158. The maximum Gasteiger partial charge on any atom is 0.355 e. The molecule has 2 aromatic heterocycles. The SMILES string of the molecule is CCN(c1cccc(C)c1)c1ncnc(NNC(=O)c2cccnc2)c1[N+](=O)[O-].